The molecule has 0 unspecified atom stereocenters. The van der Waals surface area contributed by atoms with Crippen LogP contribution in [-0.4, -0.2) is 17.2 Å². The van der Waals surface area contributed by atoms with Crippen molar-refractivity contribution in [1.82, 2.24) is 0 Å². The van der Waals surface area contributed by atoms with Gasteiger partial charge in [-0.1, -0.05) is 5.16 Å². The summed E-state index contributed by atoms with van der Waals surface area (Å²) in [6.45, 7) is -1.02. The fraction of sp³-hybridized carbons (Fsp3) is 0.222. The van der Waals surface area contributed by atoms with Crippen LogP contribution in [0.15, 0.2) is 29.4 Å². The second-order valence-electron chi connectivity index (χ2n) is 2.69. The maximum atomic E-state index is 10.4. The maximum Gasteiger partial charge on any atom is 0.269 e. The van der Waals surface area contributed by atoms with E-state index < -0.39 is 17.9 Å². The zero-order valence-electron chi connectivity index (χ0n) is 9.08. The minimum Gasteiger partial charge on any atom is -0.395 e. The Morgan fingerprint density at radius 1 is 1.50 bits per heavy atom. The van der Waals surface area contributed by atoms with Gasteiger partial charge in [-0.25, -0.2) is 0 Å². The summed E-state index contributed by atoms with van der Waals surface area (Å²) in [6, 6.07) is 5.67. The van der Waals surface area contributed by atoms with E-state index in [-0.39, 0.29) is 5.69 Å². The zero-order chi connectivity index (χ0) is 11.7. The molecular weight excluding hydrogens is 184 g/mol. The van der Waals surface area contributed by atoms with E-state index in [2.05, 4.69) is 9.99 Å². The highest BCUT2D eigenvalue weighted by molar-refractivity contribution is 6.01. The van der Waals surface area contributed by atoms with E-state index in [1.807, 2.05) is 0 Å². The minimum absolute atomic E-state index is 0.0211. The molecule has 14 heavy (non-hydrogen) atoms. The van der Waals surface area contributed by atoms with Gasteiger partial charge in [0.05, 0.1) is 12.0 Å². The molecular formula is C9H8N2O3. The number of hydrogen-bond donors (Lipinski definition) is 0. The van der Waals surface area contributed by atoms with Crippen LogP contribution < -0.4 is 0 Å². The normalized spacial score (nSPS) is 27.3. The number of nitrogens with zero attached hydrogens (tertiary/aromatic N) is 2. The van der Waals surface area contributed by atoms with Gasteiger partial charge in [0.25, 0.3) is 5.69 Å². The summed E-state index contributed by atoms with van der Waals surface area (Å²) in [5.41, 5.74) is 0.877. The van der Waals surface area contributed by atoms with E-state index in [0.29, 0.717) is 11.3 Å². The first-order valence-electron chi connectivity index (χ1n) is 5.08. The van der Waals surface area contributed by atoms with Gasteiger partial charge in [-0.3, -0.25) is 10.1 Å². The molecule has 2 atom stereocenters. The Balaban J connectivity index is 2.26. The van der Waals surface area contributed by atoms with Crippen molar-refractivity contribution in [3.05, 3.63) is 39.9 Å². The molecule has 0 saturated carbocycles. The number of oxime groups is 1. The van der Waals surface area contributed by atoms with Gasteiger partial charge in [0.2, 0.25) is 0 Å². The van der Waals surface area contributed by atoms with Crippen molar-refractivity contribution in [3.8, 4) is 0 Å². The highest BCUT2D eigenvalue weighted by Crippen LogP contribution is 2.15. The Hall–Kier alpha value is -1.91. The first-order chi connectivity index (χ1) is 7.59. The van der Waals surface area contributed by atoms with E-state index >= 15 is 0 Å². The summed E-state index contributed by atoms with van der Waals surface area (Å²) in [7, 11) is 0. The molecule has 0 aromatic heterocycles. The minimum atomic E-state index is -1.02. The topological polar surface area (TPSA) is 64.7 Å². The van der Waals surface area contributed by atoms with E-state index in [1.165, 1.54) is 24.3 Å². The second-order valence-corrected chi connectivity index (χ2v) is 2.69. The molecule has 5 heteroatoms. The van der Waals surface area contributed by atoms with Crippen molar-refractivity contribution in [2.24, 2.45) is 5.16 Å². The Morgan fingerprint density at radius 3 is 2.71 bits per heavy atom. The summed E-state index contributed by atoms with van der Waals surface area (Å²) >= 11 is 0. The second kappa shape index (κ2) is 3.45. The Morgan fingerprint density at radius 2 is 2.21 bits per heavy atom. The molecule has 0 saturated heterocycles. The molecule has 1 aliphatic heterocycles. The third-order valence-corrected chi connectivity index (χ3v) is 1.81. The Kier molecular flexibility index (Phi) is 1.61. The number of benzene rings is 1. The van der Waals surface area contributed by atoms with Crippen LogP contribution in [0.4, 0.5) is 5.69 Å². The van der Waals surface area contributed by atoms with Crippen molar-refractivity contribution >= 4 is 11.4 Å². The van der Waals surface area contributed by atoms with Crippen molar-refractivity contribution in [1.29, 1.82) is 0 Å². The van der Waals surface area contributed by atoms with Gasteiger partial charge in [-0.2, -0.15) is 0 Å². The number of nitro groups is 1. The van der Waals surface area contributed by atoms with E-state index in [4.69, 9.17) is 2.74 Å². The van der Waals surface area contributed by atoms with Crippen LogP contribution in [0, 0.1) is 10.1 Å². The highest BCUT2D eigenvalue weighted by atomic mass is 16.6. The molecule has 1 aromatic rings. The molecule has 1 aliphatic rings. The molecule has 0 amide bonds. The van der Waals surface area contributed by atoms with Crippen molar-refractivity contribution in [2.75, 3.05) is 6.58 Å². The smallest absolute Gasteiger partial charge is 0.269 e. The monoisotopic (exact) mass is 194 g/mol. The molecule has 1 aromatic carbocycles. The lowest BCUT2D eigenvalue weighted by molar-refractivity contribution is -0.384. The maximum absolute atomic E-state index is 10.4. The van der Waals surface area contributed by atoms with Crippen LogP contribution in [0.1, 0.15) is 14.7 Å². The van der Waals surface area contributed by atoms with Crippen molar-refractivity contribution < 1.29 is 12.5 Å². The van der Waals surface area contributed by atoms with Crippen LogP contribution in [0.2, 0.25) is 0 Å². The van der Waals surface area contributed by atoms with Crippen LogP contribution in [0.25, 0.3) is 0 Å². The predicted octanol–water partition coefficient (Wildman–Crippen LogP) is 1.72. The van der Waals surface area contributed by atoms with Gasteiger partial charge in [0, 0.05) is 19.9 Å². The largest absolute Gasteiger partial charge is 0.395 e. The van der Waals surface area contributed by atoms with Crippen LogP contribution in [0.5, 0.6) is 0 Å². The molecule has 2 rings (SSSR count). The third kappa shape index (κ3) is 1.56. The van der Waals surface area contributed by atoms with Gasteiger partial charge in [0.15, 0.2) is 0 Å². The molecule has 0 bridgehead atoms. The number of non-ortho nitro benzene ring substituents is 1. The number of hydrogen-bond acceptors (Lipinski definition) is 4. The lowest BCUT2D eigenvalue weighted by atomic mass is 10.1. The Bertz CT molecular complexity index is 447. The van der Waals surface area contributed by atoms with Crippen LogP contribution in [-0.2, 0) is 4.84 Å². The molecule has 0 aliphatic carbocycles. The number of rotatable bonds is 2. The van der Waals surface area contributed by atoms with Crippen molar-refractivity contribution in [3.63, 3.8) is 0 Å². The van der Waals surface area contributed by atoms with Crippen LogP contribution in [0.3, 0.4) is 0 Å². The molecule has 0 radical (unpaired) electrons. The lowest BCUT2D eigenvalue weighted by Gasteiger charge is -1.96. The number of nitro benzene ring substituents is 1. The van der Waals surface area contributed by atoms with E-state index in [1.54, 1.807) is 0 Å². The van der Waals surface area contributed by atoms with E-state index in [9.17, 15) is 10.1 Å². The molecule has 72 valence electrons. The average Bonchev–Trinajstić information content (AvgIpc) is 2.60. The molecule has 0 fully saturated rings. The summed E-state index contributed by atoms with van der Waals surface area (Å²) in [5.74, 6) is 0. The zero-order valence-corrected chi connectivity index (χ0v) is 7.08. The first kappa shape index (κ1) is 6.53. The summed E-state index contributed by atoms with van der Waals surface area (Å²) < 4.78 is 14.9. The quantitative estimate of drug-likeness (QED) is 0.531. The fourth-order valence-electron chi connectivity index (χ4n) is 1.12. The fourth-order valence-corrected chi connectivity index (χ4v) is 1.12. The van der Waals surface area contributed by atoms with Gasteiger partial charge in [0.1, 0.15) is 6.58 Å². The van der Waals surface area contributed by atoms with Gasteiger partial charge < -0.3 is 4.84 Å². The third-order valence-electron chi connectivity index (χ3n) is 1.81. The van der Waals surface area contributed by atoms with Gasteiger partial charge >= 0.3 is 0 Å². The SMILES string of the molecule is [2H][C@@H]1C(c2ccc([N+](=O)[O-])cc2)=NO[C@@H]1[2H]. The van der Waals surface area contributed by atoms with Gasteiger partial charge in [-0.15, -0.1) is 0 Å². The molecule has 0 spiro atoms. The first-order valence-corrected chi connectivity index (χ1v) is 3.92. The predicted molar refractivity (Wildman–Crippen MR) is 50.2 cm³/mol. The molecule has 5 nitrogen and oxygen atoms in total. The van der Waals surface area contributed by atoms with E-state index in [0.717, 1.165) is 0 Å². The summed E-state index contributed by atoms with van der Waals surface area (Å²) in [4.78, 5) is 14.6. The Labute approximate surface area is 82.9 Å². The molecule has 1 heterocycles. The highest BCUT2D eigenvalue weighted by Gasteiger charge is 2.12. The van der Waals surface area contributed by atoms with Gasteiger partial charge in [-0.05, 0) is 17.7 Å². The van der Waals surface area contributed by atoms with Crippen molar-refractivity contribution in [2.45, 2.75) is 6.40 Å². The molecule has 0 N–H and O–H groups in total. The van der Waals surface area contributed by atoms with Crippen LogP contribution >= 0.6 is 0 Å². The average molecular weight is 194 g/mol. The standard InChI is InChI=1S/C9H8N2O3/c12-11(13)8-3-1-7(2-4-8)9-5-6-14-10-9/h1-4H,5-6H2/i5D,6D/t5-,6+/m0/s1. The summed E-state index contributed by atoms with van der Waals surface area (Å²) in [5, 5.41) is 14.0. The lowest BCUT2D eigenvalue weighted by Crippen LogP contribution is -1.97. The summed E-state index contributed by atoms with van der Waals surface area (Å²) in [6.07, 6.45) is -0.874.